The van der Waals surface area contributed by atoms with Gasteiger partial charge in [0, 0.05) is 15.1 Å². The molecule has 0 aliphatic heterocycles. The number of amides is 1. The number of carbonyl (C=O) groups is 2. The topological polar surface area (TPSA) is 92.1 Å². The minimum absolute atomic E-state index is 0.0416. The summed E-state index contributed by atoms with van der Waals surface area (Å²) in [6.07, 6.45) is 6.37. The van der Waals surface area contributed by atoms with Crippen LogP contribution >= 0.6 is 31.9 Å². The number of hydrogen-bond acceptors (Lipinski definition) is 5. The van der Waals surface area contributed by atoms with E-state index in [0.29, 0.717) is 15.7 Å². The first-order valence-corrected chi connectivity index (χ1v) is 12.2. The van der Waals surface area contributed by atoms with Gasteiger partial charge in [-0.25, -0.2) is 4.79 Å². The van der Waals surface area contributed by atoms with Crippen molar-refractivity contribution in [2.45, 2.75) is 57.6 Å². The number of halogens is 2. The number of pyridine rings is 1. The molecular weight excluding hydrogens is 550 g/mol. The van der Waals surface area contributed by atoms with Crippen LogP contribution in [-0.2, 0) is 15.1 Å². The Labute approximate surface area is 210 Å². The molecule has 3 rings (SSSR count). The van der Waals surface area contributed by atoms with Crippen molar-refractivity contribution in [2.24, 2.45) is 0 Å². The number of carbonyl (C=O) groups excluding carboxylic acids is 2. The fourth-order valence-corrected chi connectivity index (χ4v) is 4.95. The highest BCUT2D eigenvalue weighted by atomic mass is 79.9. The summed E-state index contributed by atoms with van der Waals surface area (Å²) in [5.74, 6) is -0.883. The lowest BCUT2D eigenvalue weighted by molar-refractivity contribution is -0.119. The predicted octanol–water partition coefficient (Wildman–Crippen LogP) is 6.05. The van der Waals surface area contributed by atoms with E-state index in [2.05, 4.69) is 42.2 Å². The third kappa shape index (κ3) is 6.30. The summed E-state index contributed by atoms with van der Waals surface area (Å²) in [7, 11) is 0. The standard InChI is InChI=1S/C25H25Br2N3O3/c1-24(2,3)33-23(32)16-7-6-8-18(11-16)25(9-4-5-10-25)30-22(31)17(14-28)12-21-20(27)13-19(26)15-29-21/h6-8,11-13,15H,4-5,9-10H2,1-3H3,(H,30,31). The third-order valence-corrected chi connectivity index (χ3v) is 6.41. The van der Waals surface area contributed by atoms with Crippen molar-refractivity contribution >= 4 is 49.8 Å². The monoisotopic (exact) mass is 573 g/mol. The maximum Gasteiger partial charge on any atom is 0.338 e. The van der Waals surface area contributed by atoms with E-state index in [9.17, 15) is 14.9 Å². The largest absolute Gasteiger partial charge is 0.456 e. The van der Waals surface area contributed by atoms with Crippen molar-refractivity contribution in [3.63, 3.8) is 0 Å². The summed E-state index contributed by atoms with van der Waals surface area (Å²) in [4.78, 5) is 30.0. The van der Waals surface area contributed by atoms with Crippen molar-refractivity contribution in [2.75, 3.05) is 0 Å². The summed E-state index contributed by atoms with van der Waals surface area (Å²) in [5.41, 5.74) is 0.445. The minimum atomic E-state index is -0.657. The molecular formula is C25H25Br2N3O3. The summed E-state index contributed by atoms with van der Waals surface area (Å²) in [6, 6.07) is 11.0. The Hall–Kier alpha value is -2.50. The smallest absolute Gasteiger partial charge is 0.338 e. The normalized spacial score (nSPS) is 15.6. The molecule has 172 valence electrons. The van der Waals surface area contributed by atoms with Gasteiger partial charge in [-0.15, -0.1) is 0 Å². The zero-order valence-corrected chi connectivity index (χ0v) is 21.9. The SMILES string of the molecule is CC(C)(C)OC(=O)c1cccc(C2(NC(=O)C(C#N)=Cc3ncc(Br)cc3Br)CCCC2)c1. The zero-order chi connectivity index (χ0) is 24.2. The van der Waals surface area contributed by atoms with Gasteiger partial charge < -0.3 is 10.1 Å². The molecule has 1 aliphatic carbocycles. The fraction of sp³-hybridized carbons (Fsp3) is 0.360. The Morgan fingerprint density at radius 3 is 2.52 bits per heavy atom. The summed E-state index contributed by atoms with van der Waals surface area (Å²) in [5, 5.41) is 12.8. The number of nitrogens with one attached hydrogen (secondary N) is 1. The number of nitriles is 1. The molecule has 1 aliphatic rings. The Kier molecular flexibility index (Phi) is 7.76. The molecule has 0 unspecified atom stereocenters. The Morgan fingerprint density at radius 2 is 1.91 bits per heavy atom. The van der Waals surface area contributed by atoms with Crippen molar-refractivity contribution in [3.05, 3.63) is 67.9 Å². The molecule has 1 aromatic carbocycles. The molecule has 1 aromatic heterocycles. The fourth-order valence-electron chi connectivity index (χ4n) is 3.85. The van der Waals surface area contributed by atoms with E-state index in [-0.39, 0.29) is 5.57 Å². The van der Waals surface area contributed by atoms with Gasteiger partial charge in [0.15, 0.2) is 0 Å². The molecule has 1 N–H and O–H groups in total. The molecule has 0 spiro atoms. The van der Waals surface area contributed by atoms with Gasteiger partial charge in [0.05, 0.1) is 16.8 Å². The molecule has 6 nitrogen and oxygen atoms in total. The maximum atomic E-state index is 13.2. The zero-order valence-electron chi connectivity index (χ0n) is 18.7. The molecule has 1 fully saturated rings. The quantitative estimate of drug-likeness (QED) is 0.266. The second-order valence-electron chi connectivity index (χ2n) is 9.02. The number of rotatable bonds is 5. The number of aromatic nitrogens is 1. The predicted molar refractivity (Wildman–Crippen MR) is 133 cm³/mol. The molecule has 0 bridgehead atoms. The first kappa shape index (κ1) is 25.1. The number of esters is 1. The Balaban J connectivity index is 1.90. The highest BCUT2D eigenvalue weighted by Crippen LogP contribution is 2.39. The first-order chi connectivity index (χ1) is 15.5. The molecule has 1 saturated carbocycles. The highest BCUT2D eigenvalue weighted by Gasteiger charge is 2.38. The van der Waals surface area contributed by atoms with Crippen molar-refractivity contribution < 1.29 is 14.3 Å². The second-order valence-corrected chi connectivity index (χ2v) is 10.8. The lowest BCUT2D eigenvalue weighted by Gasteiger charge is -2.31. The third-order valence-electron chi connectivity index (χ3n) is 5.34. The van der Waals surface area contributed by atoms with Crippen LogP contribution in [0.25, 0.3) is 6.08 Å². The molecule has 33 heavy (non-hydrogen) atoms. The lowest BCUT2D eigenvalue weighted by Crippen LogP contribution is -2.44. The number of benzene rings is 1. The number of ether oxygens (including phenoxy) is 1. The molecule has 0 radical (unpaired) electrons. The van der Waals surface area contributed by atoms with Crippen LogP contribution in [0.5, 0.6) is 0 Å². The van der Waals surface area contributed by atoms with Crippen LogP contribution in [-0.4, -0.2) is 22.5 Å². The molecule has 1 heterocycles. The van der Waals surface area contributed by atoms with Crippen LogP contribution in [0.15, 0.2) is 51.0 Å². The van der Waals surface area contributed by atoms with Crippen molar-refractivity contribution in [1.82, 2.24) is 10.3 Å². The van der Waals surface area contributed by atoms with Gasteiger partial charge >= 0.3 is 5.97 Å². The van der Waals surface area contributed by atoms with Crippen LogP contribution < -0.4 is 5.32 Å². The Bertz CT molecular complexity index is 1140. The molecule has 2 aromatic rings. The van der Waals surface area contributed by atoms with Gasteiger partial charge in [-0.05, 0) is 95.3 Å². The van der Waals surface area contributed by atoms with Gasteiger partial charge in [-0.3, -0.25) is 9.78 Å². The average molecular weight is 575 g/mol. The summed E-state index contributed by atoms with van der Waals surface area (Å²) in [6.45, 7) is 5.46. The van der Waals surface area contributed by atoms with Crippen LogP contribution in [0.3, 0.4) is 0 Å². The van der Waals surface area contributed by atoms with Gasteiger partial charge in [-0.2, -0.15) is 5.26 Å². The van der Waals surface area contributed by atoms with E-state index in [4.69, 9.17) is 4.74 Å². The van der Waals surface area contributed by atoms with E-state index in [1.54, 1.807) is 30.5 Å². The van der Waals surface area contributed by atoms with Crippen LogP contribution in [0.2, 0.25) is 0 Å². The lowest BCUT2D eigenvalue weighted by atomic mass is 9.86. The van der Waals surface area contributed by atoms with Crippen molar-refractivity contribution in [3.8, 4) is 6.07 Å². The highest BCUT2D eigenvalue weighted by molar-refractivity contribution is 9.11. The van der Waals surface area contributed by atoms with E-state index in [1.807, 2.05) is 32.9 Å². The van der Waals surface area contributed by atoms with Crippen molar-refractivity contribution in [1.29, 1.82) is 5.26 Å². The van der Waals surface area contributed by atoms with E-state index in [1.165, 1.54) is 6.08 Å². The number of hydrogen-bond donors (Lipinski definition) is 1. The molecule has 0 saturated heterocycles. The maximum absolute atomic E-state index is 13.2. The molecule has 1 amide bonds. The van der Waals surface area contributed by atoms with Gasteiger partial charge in [0.25, 0.3) is 5.91 Å². The molecule has 0 atom stereocenters. The van der Waals surface area contributed by atoms with Crippen LogP contribution in [0, 0.1) is 11.3 Å². The Morgan fingerprint density at radius 1 is 1.21 bits per heavy atom. The molecule has 8 heteroatoms. The second kappa shape index (κ2) is 10.2. The van der Waals surface area contributed by atoms with Gasteiger partial charge in [0.2, 0.25) is 0 Å². The van der Waals surface area contributed by atoms with E-state index >= 15 is 0 Å². The summed E-state index contributed by atoms with van der Waals surface area (Å²) < 4.78 is 6.95. The van der Waals surface area contributed by atoms with Crippen LogP contribution in [0.1, 0.15) is 68.1 Å². The van der Waals surface area contributed by atoms with Crippen LogP contribution in [0.4, 0.5) is 0 Å². The van der Waals surface area contributed by atoms with Gasteiger partial charge in [-0.1, -0.05) is 25.0 Å². The average Bonchev–Trinajstić information content (AvgIpc) is 3.21. The number of nitrogens with zero attached hydrogens (tertiary/aromatic N) is 2. The van der Waals surface area contributed by atoms with Gasteiger partial charge in [0.1, 0.15) is 17.2 Å². The van der Waals surface area contributed by atoms with E-state index < -0.39 is 23.0 Å². The first-order valence-electron chi connectivity index (χ1n) is 10.6. The minimum Gasteiger partial charge on any atom is -0.456 e. The van der Waals surface area contributed by atoms with E-state index in [0.717, 1.165) is 35.7 Å². The summed E-state index contributed by atoms with van der Waals surface area (Å²) >= 11 is 6.75.